The minimum Gasteiger partial charge on any atom is -0.493 e. The van der Waals surface area contributed by atoms with E-state index in [1.165, 1.54) is 91.1 Å². The number of carbonyl (C=O) groups is 4. The van der Waals surface area contributed by atoms with E-state index in [1.807, 2.05) is 44.7 Å². The monoisotopic (exact) mass is 1940 g/mol. The van der Waals surface area contributed by atoms with Gasteiger partial charge in [-0.2, -0.15) is 25.3 Å². The maximum Gasteiger partial charge on any atom is 0.281 e. The first-order valence-electron chi connectivity index (χ1n) is 45.4. The first-order valence-corrected chi connectivity index (χ1v) is 51.3. The van der Waals surface area contributed by atoms with Crippen molar-refractivity contribution in [2.75, 3.05) is 102 Å². The molecule has 6 aliphatic heterocycles. The quantitative estimate of drug-likeness (QED) is 0.0278. The normalized spacial score (nSPS) is 19.1. The number of nitrogen functional groups attached to an aromatic ring is 4. The number of benzene rings is 1. The zero-order chi connectivity index (χ0) is 99.1. The van der Waals surface area contributed by atoms with E-state index in [-0.39, 0.29) is 99.5 Å². The van der Waals surface area contributed by atoms with Gasteiger partial charge >= 0.3 is 0 Å². The number of nitrogens with zero attached hydrogens (tertiary/aromatic N) is 12. The Balaban J connectivity index is 0.000000164. The van der Waals surface area contributed by atoms with Crippen LogP contribution in [0.25, 0.3) is 16.8 Å². The number of sulfonamides is 4. The van der Waals surface area contributed by atoms with E-state index < -0.39 is 69.5 Å². The Morgan fingerprint density at radius 1 is 0.463 bits per heavy atom. The van der Waals surface area contributed by atoms with Crippen molar-refractivity contribution in [3.05, 3.63) is 191 Å². The molecule has 5 fully saturated rings. The Morgan fingerprint density at radius 2 is 0.868 bits per heavy atom. The Kier molecular flexibility index (Phi) is 31.6. The van der Waals surface area contributed by atoms with Crippen LogP contribution >= 0.6 is 0 Å². The zero-order valence-electron chi connectivity index (χ0n) is 79.7. The molecule has 0 unspecified atom stereocenters. The van der Waals surface area contributed by atoms with Gasteiger partial charge in [-0.15, -0.1) is 0 Å². The second kappa shape index (κ2) is 41.8. The number of halogens is 1. The second-order valence-corrected chi connectivity index (χ2v) is 45.6. The molecular weight excluding hydrogens is 1820 g/mol. The third kappa shape index (κ3) is 25.2. The lowest BCUT2D eigenvalue weighted by Crippen LogP contribution is -2.41. The molecule has 15 rings (SSSR count). The molecule has 4 amide bonds. The highest BCUT2D eigenvalue weighted by Gasteiger charge is 2.45. The molecule has 730 valence electrons. The maximum atomic E-state index is 14.5. The van der Waals surface area contributed by atoms with Crippen molar-refractivity contribution in [3.8, 4) is 17.0 Å². The SMILES string of the molecule is CC(C)COc1cc(F)cc(-c2ccc(C(=O)NS(=O)(=O)c3cccnc3N)c(N3C[C@@H](C)CC3(C)C)n2)c1.CC(C)Cc1ccc(C(=O)NS(=O)(=O)c2cccc(N)n2)c(N2C[C@@H](C)CC2(C)C)n1.C[C@@H]1CN(c2nc(C3=CCOCC3)ccc2C(=O)NS(=O)(=O)c2cccc(N)n2)C(C)(C)C1.C[C@@H]1CN(c2nc(C3CCOCC3)ccc2C(=O)NS(=O)(=O)c2cccc(N)n2)C(C)(C)C1. The fraction of sp³-hybridized carbons (Fsp3) is 0.458. The van der Waals surface area contributed by atoms with Crippen molar-refractivity contribution in [1.29, 1.82) is 0 Å². The number of amides is 4. The number of hydrogen-bond donors (Lipinski definition) is 8. The molecule has 0 radical (unpaired) electrons. The molecule has 1 aromatic carbocycles. The summed E-state index contributed by atoms with van der Waals surface area (Å²) in [4.78, 5) is 95.7. The maximum absolute atomic E-state index is 14.5. The zero-order valence-corrected chi connectivity index (χ0v) is 83.0. The van der Waals surface area contributed by atoms with Gasteiger partial charge in [0.1, 0.15) is 63.0 Å². The largest absolute Gasteiger partial charge is 0.493 e. The Bertz CT molecular complexity index is 6460. The molecule has 0 spiro atoms. The number of rotatable bonds is 24. The summed E-state index contributed by atoms with van der Waals surface area (Å²) in [6.45, 7) is 39.3. The van der Waals surface area contributed by atoms with E-state index in [1.54, 1.807) is 42.5 Å². The van der Waals surface area contributed by atoms with E-state index in [2.05, 4.69) is 137 Å². The molecule has 35 nitrogen and oxygen atoms in total. The molecule has 0 aliphatic carbocycles. The van der Waals surface area contributed by atoms with E-state index in [0.29, 0.717) is 109 Å². The van der Waals surface area contributed by atoms with Gasteiger partial charge < -0.3 is 56.7 Å². The van der Waals surface area contributed by atoms with Crippen molar-refractivity contribution in [1.82, 2.24) is 58.8 Å². The van der Waals surface area contributed by atoms with Gasteiger partial charge in [0.2, 0.25) is 0 Å². The van der Waals surface area contributed by atoms with Gasteiger partial charge in [-0.05, 0) is 257 Å². The number of anilines is 8. The number of ether oxygens (including phenoxy) is 3. The van der Waals surface area contributed by atoms with E-state index in [9.17, 15) is 57.2 Å². The van der Waals surface area contributed by atoms with Crippen LogP contribution in [0.1, 0.15) is 220 Å². The molecule has 0 saturated carbocycles. The average Bonchev–Trinajstić information content (AvgIpc) is 1.59. The number of pyridine rings is 8. The van der Waals surface area contributed by atoms with Crippen molar-refractivity contribution >= 4 is 116 Å². The summed E-state index contributed by atoms with van der Waals surface area (Å²) in [5.41, 5.74) is 26.8. The van der Waals surface area contributed by atoms with Crippen LogP contribution in [0.5, 0.6) is 5.75 Å². The lowest BCUT2D eigenvalue weighted by atomic mass is 9.95. The van der Waals surface area contributed by atoms with Crippen LogP contribution < -0.4 is 66.2 Å². The summed E-state index contributed by atoms with van der Waals surface area (Å²) in [5, 5.41) is -0.925. The van der Waals surface area contributed by atoms with Gasteiger partial charge in [-0.3, -0.25) is 19.2 Å². The van der Waals surface area contributed by atoms with Gasteiger partial charge in [-0.1, -0.05) is 79.7 Å². The Morgan fingerprint density at radius 3 is 1.26 bits per heavy atom. The summed E-state index contributed by atoms with van der Waals surface area (Å²) in [6.07, 6.45) is 10.3. The molecule has 136 heavy (non-hydrogen) atoms. The van der Waals surface area contributed by atoms with Crippen LogP contribution in [0.3, 0.4) is 0 Å². The van der Waals surface area contributed by atoms with Crippen LogP contribution in [0.2, 0.25) is 0 Å². The number of carbonyl (C=O) groups excluding carboxylic acids is 4. The topological polar surface area (TPSA) is 501 Å². The van der Waals surface area contributed by atoms with Gasteiger partial charge in [0.25, 0.3) is 63.7 Å². The number of aromatic nitrogens is 8. The molecule has 14 heterocycles. The molecule has 6 aliphatic rings. The highest BCUT2D eigenvalue weighted by molar-refractivity contribution is 7.91. The lowest BCUT2D eigenvalue weighted by Gasteiger charge is -2.34. The predicted molar refractivity (Wildman–Crippen MR) is 521 cm³/mol. The second-order valence-electron chi connectivity index (χ2n) is 39.1. The molecule has 40 heteroatoms. The van der Waals surface area contributed by atoms with Crippen LogP contribution in [0.15, 0.2) is 166 Å². The fourth-order valence-electron chi connectivity index (χ4n) is 18.4. The molecule has 12 N–H and O–H groups in total. The molecule has 4 atom stereocenters. The number of nitrogens with one attached hydrogen (secondary N) is 4. The summed E-state index contributed by atoms with van der Waals surface area (Å²) >= 11 is 0. The summed E-state index contributed by atoms with van der Waals surface area (Å²) in [6, 6.07) is 33.2. The molecule has 9 aromatic rings. The Hall–Kier alpha value is -12.1. The molecule has 0 bridgehead atoms. The molecule has 5 saturated heterocycles. The van der Waals surface area contributed by atoms with Crippen LogP contribution in [0, 0.1) is 41.3 Å². The Labute approximate surface area is 796 Å². The predicted octanol–water partition coefficient (Wildman–Crippen LogP) is 12.9. The molecule has 8 aromatic heterocycles. The van der Waals surface area contributed by atoms with Crippen molar-refractivity contribution in [2.24, 2.45) is 35.5 Å². The van der Waals surface area contributed by atoms with Gasteiger partial charge in [0.05, 0.1) is 53.5 Å². The van der Waals surface area contributed by atoms with Crippen LogP contribution in [-0.4, -0.2) is 179 Å². The fourth-order valence-corrected chi connectivity index (χ4v) is 22.3. The van der Waals surface area contributed by atoms with Gasteiger partial charge in [0, 0.05) is 96.7 Å². The standard InChI is InChI=1S/C28H34FN5O4S.C23H31N5O4S.C23H29N5O4S.C22H31N5O3S/c1-17(2)16-38-21-12-19(11-20(29)13-21)23-9-8-22(26(32-23)34-15-18(3)14-28(34,4)5)27(35)33-39(36,37)24-7-6-10-31-25(24)30;2*1-15-13-23(2,3)28(14-15)21-17(7-8-18(25-21)16-9-11-32-12-10-16)22(29)27-33(30,31)20-6-4-5-19(24)26-20;1-14(2)11-16-9-10-17(20(24-16)27-13-15(3)12-22(27,4)5)21(28)26-31(29,30)19-8-6-7-18(23)25-19/h6-13,17-18H,14-16H2,1-5H3,(H2,30,31)(H,33,35);4-8,15-16H,9-14H2,1-3H3,(H2,24,26)(H,27,29);4-9,15H,10-14H2,1-3H3,(H2,24,26)(H,27,29);6-10,14-15H,11-13H2,1-5H3,(H2,23,25)(H,26,28)/t18-;3*15-/m0000/s1. The minimum atomic E-state index is -4.30. The lowest BCUT2D eigenvalue weighted by molar-refractivity contribution is 0.0844. The van der Waals surface area contributed by atoms with Crippen LogP contribution in [-0.2, 0) is 56.0 Å². The smallest absolute Gasteiger partial charge is 0.281 e. The third-order valence-electron chi connectivity index (χ3n) is 24.2. The van der Waals surface area contributed by atoms with Crippen molar-refractivity contribution in [2.45, 2.75) is 210 Å². The van der Waals surface area contributed by atoms with Crippen molar-refractivity contribution < 1.29 is 71.5 Å². The third-order valence-corrected chi connectivity index (χ3v) is 29.3. The van der Waals surface area contributed by atoms with Crippen molar-refractivity contribution in [3.63, 3.8) is 0 Å². The van der Waals surface area contributed by atoms with Crippen LogP contribution in [0.4, 0.5) is 50.9 Å². The first kappa shape index (κ1) is 103. The summed E-state index contributed by atoms with van der Waals surface area (Å²) < 4.78 is 142. The number of nitrogens with two attached hydrogens (primary N) is 4. The summed E-state index contributed by atoms with van der Waals surface area (Å²) in [7, 11) is -16.9. The van der Waals surface area contributed by atoms with Gasteiger partial charge in [0.15, 0.2) is 15.1 Å². The number of hydrogen-bond acceptors (Lipinski definition) is 31. The van der Waals surface area contributed by atoms with E-state index in [0.717, 1.165) is 93.7 Å². The highest BCUT2D eigenvalue weighted by Crippen LogP contribution is 2.44. The summed E-state index contributed by atoms with van der Waals surface area (Å²) in [5.74, 6) is 1.04. The van der Waals surface area contributed by atoms with E-state index in [4.69, 9.17) is 57.1 Å². The minimum absolute atomic E-state index is 0.0505. The van der Waals surface area contributed by atoms with Gasteiger partial charge in [-0.25, -0.2) is 71.6 Å². The first-order chi connectivity index (χ1) is 63.8. The molecular formula is C96H125FN20O15S4. The average molecular weight is 1950 g/mol. The van der Waals surface area contributed by atoms with E-state index >= 15 is 0 Å². The highest BCUT2D eigenvalue weighted by atomic mass is 32.2.